The molecule has 0 amide bonds. The van der Waals surface area contributed by atoms with Gasteiger partial charge in [-0.1, -0.05) is 32.1 Å². The Morgan fingerprint density at radius 2 is 1.95 bits per heavy atom. The quantitative estimate of drug-likeness (QED) is 0.629. The van der Waals surface area contributed by atoms with Crippen molar-refractivity contribution in [3.63, 3.8) is 0 Å². The average Bonchev–Trinajstić information content (AvgIpc) is 3.36. The van der Waals surface area contributed by atoms with Crippen LogP contribution in [0.3, 0.4) is 0 Å². The minimum absolute atomic E-state index is 0.0413. The lowest BCUT2D eigenvalue weighted by atomic mass is 9.44. The van der Waals surface area contributed by atoms with E-state index in [1.165, 1.54) is 0 Å². The average molecular weight is 510 g/mol. The van der Waals surface area contributed by atoms with Crippen LogP contribution in [0.5, 0.6) is 5.75 Å². The number of ether oxygens (including phenoxy) is 1. The Labute approximate surface area is 218 Å². The fourth-order valence-corrected chi connectivity index (χ4v) is 9.52. The number of hydrogen-bond donors (Lipinski definition) is 2. The number of rotatable bonds is 5. The Morgan fingerprint density at radius 3 is 2.65 bits per heavy atom. The summed E-state index contributed by atoms with van der Waals surface area (Å²) in [4.78, 5) is 32.4. The van der Waals surface area contributed by atoms with E-state index in [9.17, 15) is 19.8 Å². The Balaban J connectivity index is 1.32. The molecule has 0 radical (unpaired) electrons. The van der Waals surface area contributed by atoms with Gasteiger partial charge in [0, 0.05) is 30.8 Å². The minimum atomic E-state index is -1.14. The second kappa shape index (κ2) is 8.73. The van der Waals surface area contributed by atoms with Crippen molar-refractivity contribution in [1.82, 2.24) is 5.06 Å². The molecule has 4 fully saturated rings. The van der Waals surface area contributed by atoms with Crippen molar-refractivity contribution in [2.45, 2.75) is 64.2 Å². The Kier molecular flexibility index (Phi) is 5.95. The largest absolute Gasteiger partial charge is 0.497 e. The summed E-state index contributed by atoms with van der Waals surface area (Å²) in [5, 5.41) is 23.8. The second-order valence-electron chi connectivity index (χ2n) is 12.6. The SMILES string of the molecule is COc1ccc(CN2C[C@@H]3C[C@H]4[C@@H]5CC[C@H]6CC(=O)C=C[C@]6(C)[C@H]5[C@@H](O)C[C@]4(C)[C@]3(C(=O)CO)O2)cc1. The molecule has 2 N–H and O–H groups in total. The van der Waals surface area contributed by atoms with Crippen LogP contribution in [0, 0.1) is 40.4 Å². The fraction of sp³-hybridized carbons (Fsp3) is 0.667. The Morgan fingerprint density at radius 1 is 1.19 bits per heavy atom. The molecule has 1 heterocycles. The summed E-state index contributed by atoms with van der Waals surface area (Å²) in [7, 11) is 1.64. The minimum Gasteiger partial charge on any atom is -0.497 e. The summed E-state index contributed by atoms with van der Waals surface area (Å²) in [6.07, 6.45) is 6.98. The molecule has 6 rings (SSSR count). The van der Waals surface area contributed by atoms with E-state index >= 15 is 0 Å². The fourth-order valence-electron chi connectivity index (χ4n) is 9.52. The lowest BCUT2D eigenvalue weighted by molar-refractivity contribution is -0.257. The lowest BCUT2D eigenvalue weighted by Crippen LogP contribution is -2.64. The standard InChI is InChI=1S/C30H39NO6/c1-28-11-10-21(33)12-19(28)6-9-23-24-13-20-16-31(15-18-4-7-22(36-3)8-5-18)37-30(20,26(35)17-32)29(24,2)14-25(34)27(23)28/h4-5,7-8,10-11,19-20,23-25,27,32,34H,6,9,12-17H2,1-3H3/t19-,20-,23-,24-,25-,27+,28-,29-,30-/m0/s1. The van der Waals surface area contributed by atoms with E-state index in [1.807, 2.05) is 29.3 Å². The smallest absolute Gasteiger partial charge is 0.192 e. The summed E-state index contributed by atoms with van der Waals surface area (Å²) in [5.74, 6) is 1.45. The van der Waals surface area contributed by atoms with E-state index in [0.29, 0.717) is 25.9 Å². The number of benzene rings is 1. The molecule has 7 heteroatoms. The van der Waals surface area contributed by atoms with Gasteiger partial charge in [-0.2, -0.15) is 5.06 Å². The van der Waals surface area contributed by atoms with Crippen LogP contribution in [0.15, 0.2) is 36.4 Å². The van der Waals surface area contributed by atoms with Gasteiger partial charge in [0.2, 0.25) is 0 Å². The molecule has 0 spiro atoms. The topological polar surface area (TPSA) is 96.3 Å². The normalized spacial score (nSPS) is 44.6. The molecule has 3 saturated carbocycles. The van der Waals surface area contributed by atoms with E-state index in [4.69, 9.17) is 9.57 Å². The van der Waals surface area contributed by atoms with Gasteiger partial charge in [0.25, 0.3) is 0 Å². The van der Waals surface area contributed by atoms with Gasteiger partial charge in [-0.25, -0.2) is 0 Å². The molecule has 5 aliphatic rings. The van der Waals surface area contributed by atoms with Crippen molar-refractivity contribution in [2.24, 2.45) is 40.4 Å². The Hall–Kier alpha value is -2.06. The highest BCUT2D eigenvalue weighted by molar-refractivity contribution is 5.91. The van der Waals surface area contributed by atoms with Crippen molar-refractivity contribution in [3.05, 3.63) is 42.0 Å². The monoisotopic (exact) mass is 509 g/mol. The third-order valence-corrected chi connectivity index (χ3v) is 11.1. The zero-order valence-electron chi connectivity index (χ0n) is 22.1. The maximum Gasteiger partial charge on any atom is 0.192 e. The molecule has 1 aromatic rings. The highest BCUT2D eigenvalue weighted by Gasteiger charge is 2.75. The molecular weight excluding hydrogens is 470 g/mol. The van der Waals surface area contributed by atoms with Gasteiger partial charge in [-0.15, -0.1) is 0 Å². The lowest BCUT2D eigenvalue weighted by Gasteiger charge is -2.61. The highest BCUT2D eigenvalue weighted by atomic mass is 16.7. The first kappa shape index (κ1) is 25.2. The molecule has 0 aromatic heterocycles. The molecule has 4 aliphatic carbocycles. The molecule has 7 nitrogen and oxygen atoms in total. The number of nitrogens with zero attached hydrogens (tertiary/aromatic N) is 1. The summed E-state index contributed by atoms with van der Waals surface area (Å²) in [6.45, 7) is 4.93. The number of methoxy groups -OCH3 is 1. The summed E-state index contributed by atoms with van der Waals surface area (Å²) >= 11 is 0. The molecule has 1 aliphatic heterocycles. The molecule has 37 heavy (non-hydrogen) atoms. The zero-order chi connectivity index (χ0) is 26.2. The number of fused-ring (bicyclic) bond motifs is 7. The number of hydrogen-bond acceptors (Lipinski definition) is 7. The van der Waals surface area contributed by atoms with E-state index in [-0.39, 0.29) is 46.6 Å². The molecule has 9 atom stereocenters. The van der Waals surface area contributed by atoms with Crippen LogP contribution < -0.4 is 4.74 Å². The van der Waals surface area contributed by atoms with Gasteiger partial charge in [0.05, 0.1) is 13.2 Å². The van der Waals surface area contributed by atoms with Crippen LogP contribution in [0.2, 0.25) is 0 Å². The number of allylic oxidation sites excluding steroid dienone is 2. The number of ketones is 2. The number of carbonyl (C=O) groups excluding carboxylic acids is 2. The highest BCUT2D eigenvalue weighted by Crippen LogP contribution is 2.70. The van der Waals surface area contributed by atoms with Crippen LogP contribution in [0.25, 0.3) is 0 Å². The number of aliphatic hydroxyl groups excluding tert-OH is 2. The van der Waals surface area contributed by atoms with Crippen molar-refractivity contribution in [1.29, 1.82) is 0 Å². The maximum atomic E-state index is 13.6. The van der Waals surface area contributed by atoms with Crippen LogP contribution in [0.4, 0.5) is 0 Å². The first-order valence-electron chi connectivity index (χ1n) is 13.8. The number of hydroxylamine groups is 2. The predicted molar refractivity (Wildman–Crippen MR) is 136 cm³/mol. The Bertz CT molecular complexity index is 1120. The van der Waals surface area contributed by atoms with E-state index in [0.717, 1.165) is 30.6 Å². The summed E-state index contributed by atoms with van der Waals surface area (Å²) < 4.78 is 5.27. The second-order valence-corrected chi connectivity index (χ2v) is 12.6. The number of Topliss-reactive ketones (excluding diaryl/α,β-unsaturated/α-hetero) is 1. The summed E-state index contributed by atoms with van der Waals surface area (Å²) in [5.41, 5.74) is -0.877. The van der Waals surface area contributed by atoms with E-state index in [1.54, 1.807) is 13.2 Å². The predicted octanol–water partition coefficient (Wildman–Crippen LogP) is 3.33. The van der Waals surface area contributed by atoms with Gasteiger partial charge in [0.1, 0.15) is 12.4 Å². The van der Waals surface area contributed by atoms with Gasteiger partial charge in [0.15, 0.2) is 17.2 Å². The van der Waals surface area contributed by atoms with Gasteiger partial charge < -0.3 is 14.9 Å². The molecular formula is C30H39NO6. The van der Waals surface area contributed by atoms with Gasteiger partial charge in [-0.05, 0) is 78.5 Å². The molecule has 0 bridgehead atoms. The molecule has 1 aromatic carbocycles. The maximum absolute atomic E-state index is 13.6. The van der Waals surface area contributed by atoms with Crippen LogP contribution in [-0.4, -0.2) is 58.8 Å². The van der Waals surface area contributed by atoms with Crippen LogP contribution in [0.1, 0.15) is 51.5 Å². The zero-order valence-corrected chi connectivity index (χ0v) is 22.1. The van der Waals surface area contributed by atoms with Gasteiger partial charge >= 0.3 is 0 Å². The molecule has 0 unspecified atom stereocenters. The summed E-state index contributed by atoms with van der Waals surface area (Å²) in [6, 6.07) is 7.83. The van der Waals surface area contributed by atoms with Crippen molar-refractivity contribution >= 4 is 11.6 Å². The number of aliphatic hydroxyl groups is 2. The first-order valence-corrected chi connectivity index (χ1v) is 13.8. The van der Waals surface area contributed by atoms with Crippen LogP contribution >= 0.6 is 0 Å². The third-order valence-electron chi connectivity index (χ3n) is 11.1. The molecule has 1 saturated heterocycles. The number of carbonyl (C=O) groups is 2. The van der Waals surface area contributed by atoms with E-state index in [2.05, 4.69) is 19.9 Å². The van der Waals surface area contributed by atoms with Crippen molar-refractivity contribution in [2.75, 3.05) is 20.3 Å². The van der Waals surface area contributed by atoms with Crippen molar-refractivity contribution < 1.29 is 29.4 Å². The first-order chi connectivity index (χ1) is 17.7. The molecule has 200 valence electrons. The van der Waals surface area contributed by atoms with E-state index < -0.39 is 23.7 Å². The van der Waals surface area contributed by atoms with Crippen molar-refractivity contribution in [3.8, 4) is 5.75 Å². The van der Waals surface area contributed by atoms with Gasteiger partial charge in [-0.3, -0.25) is 14.4 Å². The van der Waals surface area contributed by atoms with Crippen LogP contribution in [-0.2, 0) is 21.0 Å². The third kappa shape index (κ3) is 3.47.